The van der Waals surface area contributed by atoms with Gasteiger partial charge in [-0.25, -0.2) is 0 Å². The minimum absolute atomic E-state index is 1.01. The van der Waals surface area contributed by atoms with Gasteiger partial charge in [0.05, 0.1) is 5.69 Å². The van der Waals surface area contributed by atoms with Gasteiger partial charge in [0.1, 0.15) is 0 Å². The standard InChI is InChI=1S/C57H39N/c1-3-14-44-36(2)31-32-58-57(44)56-49-23-12-10-21-47(49)54(48-22-11-13-24-50(48)56)43-29-30-51-52(35-43)55(42-28-26-38-16-5-7-18-40(38)34-42)46-20-9-8-19-45(46)53(51)41-27-25-37-15-4-6-17-39(37)33-41/h3-35H,1-2H3/b14-3-. The van der Waals surface area contributed by atoms with Crippen LogP contribution >= 0.6 is 0 Å². The minimum Gasteiger partial charge on any atom is -0.256 e. The largest absolute Gasteiger partial charge is 0.256 e. The number of aromatic nitrogens is 1. The third-order valence-electron chi connectivity index (χ3n) is 12.1. The smallest absolute Gasteiger partial charge is 0.0789 e. The Morgan fingerprint density at radius 1 is 0.362 bits per heavy atom. The molecule has 10 aromatic carbocycles. The first-order chi connectivity index (χ1) is 28.7. The third kappa shape index (κ3) is 5.35. The molecule has 0 aliphatic rings. The van der Waals surface area contributed by atoms with Gasteiger partial charge in [0.25, 0.3) is 0 Å². The van der Waals surface area contributed by atoms with Crippen LogP contribution in [0.15, 0.2) is 194 Å². The van der Waals surface area contributed by atoms with E-state index >= 15 is 0 Å². The molecule has 58 heavy (non-hydrogen) atoms. The van der Waals surface area contributed by atoms with Crippen molar-refractivity contribution in [1.29, 1.82) is 0 Å². The summed E-state index contributed by atoms with van der Waals surface area (Å²) < 4.78 is 0. The molecule has 11 rings (SSSR count). The van der Waals surface area contributed by atoms with Gasteiger partial charge in [0, 0.05) is 17.3 Å². The van der Waals surface area contributed by atoms with Crippen LogP contribution in [0, 0.1) is 6.92 Å². The molecule has 1 heterocycles. The van der Waals surface area contributed by atoms with Crippen molar-refractivity contribution in [3.63, 3.8) is 0 Å². The van der Waals surface area contributed by atoms with Crippen LogP contribution in [0.2, 0.25) is 0 Å². The van der Waals surface area contributed by atoms with Gasteiger partial charge in [-0.15, -0.1) is 0 Å². The van der Waals surface area contributed by atoms with Crippen molar-refractivity contribution < 1.29 is 0 Å². The second-order valence-electron chi connectivity index (χ2n) is 15.4. The maximum atomic E-state index is 5.07. The molecule has 0 amide bonds. The Labute approximate surface area is 338 Å². The molecule has 0 aliphatic carbocycles. The van der Waals surface area contributed by atoms with E-state index in [4.69, 9.17) is 4.98 Å². The summed E-state index contributed by atoms with van der Waals surface area (Å²) in [4.78, 5) is 5.07. The lowest BCUT2D eigenvalue weighted by Gasteiger charge is -2.21. The van der Waals surface area contributed by atoms with Crippen LogP contribution in [0.1, 0.15) is 18.1 Å². The molecule has 0 fully saturated rings. The van der Waals surface area contributed by atoms with E-state index in [0.29, 0.717) is 0 Å². The van der Waals surface area contributed by atoms with Gasteiger partial charge >= 0.3 is 0 Å². The first-order valence-corrected chi connectivity index (χ1v) is 20.2. The molecule has 0 atom stereocenters. The fourth-order valence-electron chi connectivity index (χ4n) is 9.49. The Kier molecular flexibility index (Phi) is 8.01. The van der Waals surface area contributed by atoms with Crippen molar-refractivity contribution in [3.8, 4) is 44.6 Å². The van der Waals surface area contributed by atoms with E-state index in [1.807, 2.05) is 6.20 Å². The molecule has 11 aromatic rings. The van der Waals surface area contributed by atoms with Crippen LogP contribution < -0.4 is 0 Å². The number of hydrogen-bond acceptors (Lipinski definition) is 1. The second kappa shape index (κ2) is 13.7. The zero-order valence-electron chi connectivity index (χ0n) is 32.5. The second-order valence-corrected chi connectivity index (χ2v) is 15.4. The molecule has 0 radical (unpaired) electrons. The van der Waals surface area contributed by atoms with Crippen LogP contribution in [0.5, 0.6) is 0 Å². The van der Waals surface area contributed by atoms with Gasteiger partial charge in [0.2, 0.25) is 0 Å². The number of fused-ring (bicyclic) bond motifs is 6. The average Bonchev–Trinajstić information content (AvgIpc) is 3.27. The lowest BCUT2D eigenvalue weighted by Crippen LogP contribution is -1.96. The fourth-order valence-corrected chi connectivity index (χ4v) is 9.49. The summed E-state index contributed by atoms with van der Waals surface area (Å²) in [5, 5.41) is 14.8. The van der Waals surface area contributed by atoms with Gasteiger partial charge in [0.15, 0.2) is 0 Å². The topological polar surface area (TPSA) is 12.9 Å². The monoisotopic (exact) mass is 737 g/mol. The highest BCUT2D eigenvalue weighted by Gasteiger charge is 2.22. The number of allylic oxidation sites excluding steroid dienone is 1. The van der Waals surface area contributed by atoms with E-state index in [9.17, 15) is 0 Å². The van der Waals surface area contributed by atoms with Gasteiger partial charge in [-0.1, -0.05) is 170 Å². The number of benzene rings is 10. The number of hydrogen-bond donors (Lipinski definition) is 0. The molecule has 1 nitrogen and oxygen atoms in total. The van der Waals surface area contributed by atoms with Crippen molar-refractivity contribution in [1.82, 2.24) is 4.98 Å². The summed E-state index contributed by atoms with van der Waals surface area (Å²) in [6.45, 7) is 4.26. The zero-order chi connectivity index (χ0) is 38.7. The summed E-state index contributed by atoms with van der Waals surface area (Å²) in [7, 11) is 0. The van der Waals surface area contributed by atoms with E-state index in [0.717, 1.165) is 11.3 Å². The summed E-state index contributed by atoms with van der Waals surface area (Å²) in [5.74, 6) is 0. The lowest BCUT2D eigenvalue weighted by atomic mass is 9.82. The molecule has 0 N–H and O–H groups in total. The highest BCUT2D eigenvalue weighted by atomic mass is 14.7. The lowest BCUT2D eigenvalue weighted by molar-refractivity contribution is 1.28. The van der Waals surface area contributed by atoms with Gasteiger partial charge in [-0.05, 0) is 142 Å². The van der Waals surface area contributed by atoms with Crippen LogP contribution in [-0.2, 0) is 0 Å². The van der Waals surface area contributed by atoms with Crippen LogP contribution in [0.3, 0.4) is 0 Å². The predicted octanol–water partition coefficient (Wildman–Crippen LogP) is 16.0. The predicted molar refractivity (Wildman–Crippen MR) is 250 cm³/mol. The molecule has 0 saturated carbocycles. The zero-order valence-corrected chi connectivity index (χ0v) is 32.5. The molecular weight excluding hydrogens is 699 g/mol. The maximum Gasteiger partial charge on any atom is 0.0789 e. The Morgan fingerprint density at radius 3 is 1.26 bits per heavy atom. The SMILES string of the molecule is C/C=C\c1c(C)ccnc1-c1c2ccccc2c(-c2ccc3c(-c4ccc5ccccc5c4)c4ccccc4c(-c4ccc5ccccc5c4)c3c2)c2ccccc12. The molecule has 0 saturated heterocycles. The van der Waals surface area contributed by atoms with Gasteiger partial charge < -0.3 is 0 Å². The first-order valence-electron chi connectivity index (χ1n) is 20.2. The Balaban J connectivity index is 1.27. The van der Waals surface area contributed by atoms with Crippen molar-refractivity contribution in [2.24, 2.45) is 0 Å². The summed E-state index contributed by atoms with van der Waals surface area (Å²) in [5.41, 5.74) is 12.0. The molecule has 0 aliphatic heterocycles. The Morgan fingerprint density at radius 2 is 0.759 bits per heavy atom. The molecule has 1 heteroatoms. The number of aryl methyl sites for hydroxylation is 1. The summed E-state index contributed by atoms with van der Waals surface area (Å²) in [6, 6.07) is 67.3. The van der Waals surface area contributed by atoms with E-state index in [-0.39, 0.29) is 0 Å². The van der Waals surface area contributed by atoms with E-state index < -0.39 is 0 Å². The fraction of sp³-hybridized carbons (Fsp3) is 0.0351. The summed E-state index contributed by atoms with van der Waals surface area (Å²) >= 11 is 0. The van der Waals surface area contributed by atoms with Crippen molar-refractivity contribution >= 4 is 70.7 Å². The quantitative estimate of drug-likeness (QED) is 0.160. The highest BCUT2D eigenvalue weighted by molar-refractivity contribution is 6.25. The molecule has 0 bridgehead atoms. The maximum absolute atomic E-state index is 5.07. The summed E-state index contributed by atoms with van der Waals surface area (Å²) in [6.07, 6.45) is 6.26. The Bertz CT molecular complexity index is 3420. The minimum atomic E-state index is 1.01. The van der Waals surface area contributed by atoms with Crippen LogP contribution in [0.25, 0.3) is 115 Å². The molecule has 0 spiro atoms. The number of pyridine rings is 1. The molecular formula is C57H39N. The van der Waals surface area contributed by atoms with E-state index in [1.165, 1.54) is 109 Å². The van der Waals surface area contributed by atoms with E-state index in [1.54, 1.807) is 0 Å². The molecule has 1 aromatic heterocycles. The normalized spacial score (nSPS) is 11.9. The van der Waals surface area contributed by atoms with Gasteiger partial charge in [-0.3, -0.25) is 4.98 Å². The molecule has 272 valence electrons. The average molecular weight is 738 g/mol. The van der Waals surface area contributed by atoms with Crippen molar-refractivity contribution in [3.05, 3.63) is 205 Å². The van der Waals surface area contributed by atoms with Gasteiger partial charge in [-0.2, -0.15) is 0 Å². The van der Waals surface area contributed by atoms with E-state index in [2.05, 4.69) is 208 Å². The van der Waals surface area contributed by atoms with Crippen LogP contribution in [0.4, 0.5) is 0 Å². The Hall–Kier alpha value is -7.35. The first kappa shape index (κ1) is 33.9. The number of nitrogens with zero attached hydrogens (tertiary/aromatic N) is 1. The van der Waals surface area contributed by atoms with Crippen LogP contribution in [-0.4, -0.2) is 4.98 Å². The number of rotatable bonds is 5. The third-order valence-corrected chi connectivity index (χ3v) is 12.1. The molecule has 0 unspecified atom stereocenters. The van der Waals surface area contributed by atoms with Crippen molar-refractivity contribution in [2.75, 3.05) is 0 Å². The highest BCUT2D eigenvalue weighted by Crippen LogP contribution is 2.49. The van der Waals surface area contributed by atoms with Crippen molar-refractivity contribution in [2.45, 2.75) is 13.8 Å².